The number of hydrogen-bond acceptors (Lipinski definition) is 2. The first-order valence-electron chi connectivity index (χ1n) is 5.98. The lowest BCUT2D eigenvalue weighted by Gasteiger charge is -2.17. The third-order valence-electron chi connectivity index (χ3n) is 2.77. The van der Waals surface area contributed by atoms with Crippen LogP contribution in [0.1, 0.15) is 24.2 Å². The fourth-order valence-electron chi connectivity index (χ4n) is 1.89. The Bertz CT molecular complexity index is 572. The Kier molecular flexibility index (Phi) is 4.56. The molecular weight excluding hydrogens is 311 g/mol. The molecule has 4 heteroatoms. The van der Waals surface area contributed by atoms with Gasteiger partial charge in [0.15, 0.2) is 0 Å². The van der Waals surface area contributed by atoms with Gasteiger partial charge in [0.1, 0.15) is 17.7 Å². The fraction of sp³-hybridized carbons (Fsp3) is 0.200. The van der Waals surface area contributed by atoms with Crippen LogP contribution in [-0.4, -0.2) is 11.7 Å². The summed E-state index contributed by atoms with van der Waals surface area (Å²) in [6, 6.07) is 11.4. The lowest BCUT2D eigenvalue weighted by Crippen LogP contribution is -2.05. The summed E-state index contributed by atoms with van der Waals surface area (Å²) in [7, 11) is 0. The summed E-state index contributed by atoms with van der Waals surface area (Å²) in [5.74, 6) is 0.222. The van der Waals surface area contributed by atoms with Gasteiger partial charge in [-0.3, -0.25) is 0 Å². The molecule has 0 aromatic heterocycles. The normalized spacial score (nSPS) is 12.2. The SMILES string of the molecule is CCOc1ccccc1C(O)c1cc(F)ccc1Br. The van der Waals surface area contributed by atoms with E-state index in [9.17, 15) is 9.50 Å². The minimum absolute atomic E-state index is 0.383. The molecule has 0 heterocycles. The van der Waals surface area contributed by atoms with Crippen molar-refractivity contribution in [2.24, 2.45) is 0 Å². The maximum atomic E-state index is 13.3. The average Bonchev–Trinajstić information content (AvgIpc) is 2.42. The summed E-state index contributed by atoms with van der Waals surface area (Å²) in [6.07, 6.45) is -0.937. The molecule has 1 atom stereocenters. The van der Waals surface area contributed by atoms with Gasteiger partial charge < -0.3 is 9.84 Å². The summed E-state index contributed by atoms with van der Waals surface area (Å²) in [4.78, 5) is 0. The first-order chi connectivity index (χ1) is 9.13. The highest BCUT2D eigenvalue weighted by Gasteiger charge is 2.18. The van der Waals surface area contributed by atoms with Crippen molar-refractivity contribution in [2.75, 3.05) is 6.61 Å². The van der Waals surface area contributed by atoms with Gasteiger partial charge in [0.2, 0.25) is 0 Å². The Morgan fingerprint density at radius 3 is 2.68 bits per heavy atom. The Hall–Kier alpha value is -1.39. The van der Waals surface area contributed by atoms with E-state index in [4.69, 9.17) is 4.74 Å². The summed E-state index contributed by atoms with van der Waals surface area (Å²) in [6.45, 7) is 2.38. The van der Waals surface area contributed by atoms with Crippen LogP contribution in [0, 0.1) is 5.82 Å². The highest BCUT2D eigenvalue weighted by atomic mass is 79.9. The Labute approximate surface area is 120 Å². The number of aliphatic hydroxyl groups is 1. The number of ether oxygens (including phenoxy) is 1. The van der Waals surface area contributed by atoms with Crippen molar-refractivity contribution in [3.8, 4) is 5.75 Å². The number of hydrogen-bond donors (Lipinski definition) is 1. The van der Waals surface area contributed by atoms with Crippen molar-refractivity contribution < 1.29 is 14.2 Å². The summed E-state index contributed by atoms with van der Waals surface area (Å²) >= 11 is 3.32. The van der Waals surface area contributed by atoms with Crippen LogP contribution in [0.5, 0.6) is 5.75 Å². The molecule has 0 radical (unpaired) electrons. The van der Waals surface area contributed by atoms with Gasteiger partial charge in [-0.25, -0.2) is 4.39 Å². The van der Waals surface area contributed by atoms with Crippen LogP contribution in [-0.2, 0) is 0 Å². The maximum absolute atomic E-state index is 13.3. The highest BCUT2D eigenvalue weighted by Crippen LogP contribution is 2.33. The molecule has 0 aliphatic carbocycles. The molecule has 2 aromatic rings. The smallest absolute Gasteiger partial charge is 0.125 e. The van der Waals surface area contributed by atoms with E-state index in [1.54, 1.807) is 18.2 Å². The van der Waals surface area contributed by atoms with Crippen molar-refractivity contribution in [1.29, 1.82) is 0 Å². The van der Waals surface area contributed by atoms with Crippen LogP contribution in [0.3, 0.4) is 0 Å². The molecule has 2 aromatic carbocycles. The summed E-state index contributed by atoms with van der Waals surface area (Å²) in [5, 5.41) is 10.4. The molecule has 0 saturated heterocycles. The third kappa shape index (κ3) is 3.14. The highest BCUT2D eigenvalue weighted by molar-refractivity contribution is 9.10. The van der Waals surface area contributed by atoms with Crippen LogP contribution in [0.4, 0.5) is 4.39 Å². The number of para-hydroxylation sites is 1. The van der Waals surface area contributed by atoms with E-state index in [2.05, 4.69) is 15.9 Å². The van der Waals surface area contributed by atoms with Gasteiger partial charge in [-0.2, -0.15) is 0 Å². The molecular formula is C15H14BrFO2. The number of halogens is 2. The van der Waals surface area contributed by atoms with E-state index in [1.807, 2.05) is 19.1 Å². The minimum Gasteiger partial charge on any atom is -0.493 e. The first kappa shape index (κ1) is 14.0. The minimum atomic E-state index is -0.937. The molecule has 0 saturated carbocycles. The van der Waals surface area contributed by atoms with Gasteiger partial charge in [0.25, 0.3) is 0 Å². The predicted octanol–water partition coefficient (Wildman–Crippen LogP) is 4.07. The molecule has 2 rings (SSSR count). The standard InChI is InChI=1S/C15H14BrFO2/c1-2-19-14-6-4-3-5-11(14)15(18)12-9-10(17)7-8-13(12)16/h3-9,15,18H,2H2,1H3. The van der Waals surface area contributed by atoms with Crippen molar-refractivity contribution in [3.05, 3.63) is 63.9 Å². The van der Waals surface area contributed by atoms with Crippen LogP contribution >= 0.6 is 15.9 Å². The van der Waals surface area contributed by atoms with Gasteiger partial charge in [-0.15, -0.1) is 0 Å². The number of aliphatic hydroxyl groups excluding tert-OH is 1. The van der Waals surface area contributed by atoms with E-state index < -0.39 is 6.10 Å². The van der Waals surface area contributed by atoms with Crippen LogP contribution in [0.15, 0.2) is 46.9 Å². The maximum Gasteiger partial charge on any atom is 0.125 e. The molecule has 19 heavy (non-hydrogen) atoms. The van der Waals surface area contributed by atoms with E-state index in [0.29, 0.717) is 28.0 Å². The molecule has 0 aliphatic rings. The molecule has 0 fully saturated rings. The third-order valence-corrected chi connectivity index (χ3v) is 3.49. The van der Waals surface area contributed by atoms with Gasteiger partial charge in [-0.1, -0.05) is 34.1 Å². The predicted molar refractivity (Wildman–Crippen MR) is 75.8 cm³/mol. The Balaban J connectivity index is 2.43. The van der Waals surface area contributed by atoms with Gasteiger partial charge in [0.05, 0.1) is 6.61 Å². The van der Waals surface area contributed by atoms with Crippen molar-refractivity contribution in [1.82, 2.24) is 0 Å². The quantitative estimate of drug-likeness (QED) is 0.918. The topological polar surface area (TPSA) is 29.5 Å². The second-order valence-corrected chi connectivity index (χ2v) is 4.89. The summed E-state index contributed by atoms with van der Waals surface area (Å²) in [5.41, 5.74) is 1.10. The molecule has 0 bridgehead atoms. The fourth-order valence-corrected chi connectivity index (χ4v) is 2.35. The van der Waals surface area contributed by atoms with Crippen LogP contribution in [0.25, 0.3) is 0 Å². The molecule has 0 aliphatic heterocycles. The number of rotatable bonds is 4. The van der Waals surface area contributed by atoms with E-state index in [0.717, 1.165) is 0 Å². The van der Waals surface area contributed by atoms with E-state index >= 15 is 0 Å². The zero-order valence-corrected chi connectivity index (χ0v) is 12.0. The number of benzene rings is 2. The first-order valence-corrected chi connectivity index (χ1v) is 6.77. The monoisotopic (exact) mass is 324 g/mol. The van der Waals surface area contributed by atoms with Gasteiger partial charge in [-0.05, 0) is 31.2 Å². The van der Waals surface area contributed by atoms with Crippen molar-refractivity contribution in [2.45, 2.75) is 13.0 Å². The Morgan fingerprint density at radius 1 is 1.21 bits per heavy atom. The van der Waals surface area contributed by atoms with Crippen LogP contribution in [0.2, 0.25) is 0 Å². The zero-order valence-electron chi connectivity index (χ0n) is 10.4. The van der Waals surface area contributed by atoms with Gasteiger partial charge >= 0.3 is 0 Å². The van der Waals surface area contributed by atoms with Crippen molar-refractivity contribution in [3.63, 3.8) is 0 Å². The molecule has 1 unspecified atom stereocenters. The van der Waals surface area contributed by atoms with Crippen molar-refractivity contribution >= 4 is 15.9 Å². The van der Waals surface area contributed by atoms with Crippen LogP contribution < -0.4 is 4.74 Å². The molecule has 0 spiro atoms. The van der Waals surface area contributed by atoms with Gasteiger partial charge in [0, 0.05) is 15.6 Å². The largest absolute Gasteiger partial charge is 0.493 e. The Morgan fingerprint density at radius 2 is 1.95 bits per heavy atom. The average molecular weight is 325 g/mol. The lowest BCUT2D eigenvalue weighted by molar-refractivity contribution is 0.210. The second kappa shape index (κ2) is 6.17. The molecule has 2 nitrogen and oxygen atoms in total. The zero-order chi connectivity index (χ0) is 13.8. The summed E-state index contributed by atoms with van der Waals surface area (Å²) < 4.78 is 19.4. The molecule has 100 valence electrons. The molecule has 0 amide bonds. The lowest BCUT2D eigenvalue weighted by atomic mass is 10.0. The molecule has 1 N–H and O–H groups in total. The second-order valence-electron chi connectivity index (χ2n) is 4.04. The van der Waals surface area contributed by atoms with E-state index in [-0.39, 0.29) is 5.82 Å². The van der Waals surface area contributed by atoms with E-state index in [1.165, 1.54) is 12.1 Å².